The zero-order chi connectivity index (χ0) is 18.6. The molecule has 0 aliphatic carbocycles. The van der Waals surface area contributed by atoms with Crippen LogP contribution in [0.3, 0.4) is 0 Å². The summed E-state index contributed by atoms with van der Waals surface area (Å²) in [5, 5.41) is 4.95. The fourth-order valence-electron chi connectivity index (χ4n) is 3.32. The summed E-state index contributed by atoms with van der Waals surface area (Å²) in [5.41, 5.74) is 2.78. The van der Waals surface area contributed by atoms with Crippen molar-refractivity contribution in [3.8, 4) is 5.69 Å². The van der Waals surface area contributed by atoms with Crippen LogP contribution in [0.2, 0.25) is 0 Å². The second-order valence-electron chi connectivity index (χ2n) is 6.58. The van der Waals surface area contributed by atoms with Crippen LogP contribution < -0.4 is 5.32 Å². The molecule has 0 fully saturated rings. The molecule has 6 heteroatoms. The molecule has 27 heavy (non-hydrogen) atoms. The van der Waals surface area contributed by atoms with Gasteiger partial charge in [0.05, 0.1) is 0 Å². The van der Waals surface area contributed by atoms with Crippen LogP contribution in [0.4, 0.5) is 0 Å². The molecule has 0 saturated carbocycles. The smallest absolute Gasteiger partial charge is 0.251 e. The SMILES string of the molecule is O=C(NCCC(=O)N1CCc2sccc2C1)c1cccc(-n2cccc2)c1. The summed E-state index contributed by atoms with van der Waals surface area (Å²) >= 11 is 1.76. The van der Waals surface area contributed by atoms with Crippen molar-refractivity contribution in [1.82, 2.24) is 14.8 Å². The maximum Gasteiger partial charge on any atom is 0.251 e. The molecule has 0 unspecified atom stereocenters. The van der Waals surface area contributed by atoms with Crippen LogP contribution in [0.25, 0.3) is 5.69 Å². The van der Waals surface area contributed by atoms with E-state index in [1.165, 1.54) is 10.4 Å². The first-order chi connectivity index (χ1) is 13.2. The largest absolute Gasteiger partial charge is 0.352 e. The lowest BCUT2D eigenvalue weighted by molar-refractivity contribution is -0.131. The van der Waals surface area contributed by atoms with E-state index < -0.39 is 0 Å². The lowest BCUT2D eigenvalue weighted by atomic mass is 10.1. The van der Waals surface area contributed by atoms with Crippen molar-refractivity contribution < 1.29 is 9.59 Å². The average molecular weight is 379 g/mol. The molecule has 1 N–H and O–H groups in total. The van der Waals surface area contributed by atoms with Crippen molar-refractivity contribution in [3.63, 3.8) is 0 Å². The molecule has 0 radical (unpaired) electrons. The zero-order valence-corrected chi connectivity index (χ0v) is 15.7. The van der Waals surface area contributed by atoms with Gasteiger partial charge in [-0.2, -0.15) is 0 Å². The van der Waals surface area contributed by atoms with Gasteiger partial charge in [-0.3, -0.25) is 9.59 Å². The number of fused-ring (bicyclic) bond motifs is 1. The highest BCUT2D eigenvalue weighted by Gasteiger charge is 2.21. The minimum absolute atomic E-state index is 0.0910. The van der Waals surface area contributed by atoms with Gasteiger partial charge >= 0.3 is 0 Å². The highest BCUT2D eigenvalue weighted by atomic mass is 32.1. The standard InChI is InChI=1S/C21H21N3O2S/c25-20(24-12-7-19-17(15-24)8-13-27-19)6-9-22-21(26)16-4-3-5-18(14-16)23-10-1-2-11-23/h1-5,8,10-11,13-14H,6-7,9,12,15H2,(H,22,26). The number of hydrogen-bond donors (Lipinski definition) is 1. The third kappa shape index (κ3) is 3.95. The molecule has 0 saturated heterocycles. The molecule has 138 valence electrons. The van der Waals surface area contributed by atoms with Gasteiger partial charge in [-0.25, -0.2) is 0 Å². The maximum absolute atomic E-state index is 12.4. The predicted molar refractivity (Wildman–Crippen MR) is 106 cm³/mol. The summed E-state index contributed by atoms with van der Waals surface area (Å²) in [6.07, 6.45) is 5.13. The maximum atomic E-state index is 12.4. The van der Waals surface area contributed by atoms with Gasteiger partial charge in [0.15, 0.2) is 0 Å². The van der Waals surface area contributed by atoms with Crippen LogP contribution in [0.15, 0.2) is 60.2 Å². The molecule has 0 spiro atoms. The predicted octanol–water partition coefficient (Wildman–Crippen LogP) is 3.24. The summed E-state index contributed by atoms with van der Waals surface area (Å²) < 4.78 is 1.95. The third-order valence-corrected chi connectivity index (χ3v) is 5.82. The van der Waals surface area contributed by atoms with Crippen molar-refractivity contribution in [2.45, 2.75) is 19.4 Å². The number of amides is 2. The molecule has 2 amide bonds. The van der Waals surface area contributed by atoms with Crippen molar-refractivity contribution >= 4 is 23.2 Å². The molecule has 1 aliphatic rings. The highest BCUT2D eigenvalue weighted by Crippen LogP contribution is 2.24. The second-order valence-corrected chi connectivity index (χ2v) is 7.58. The third-order valence-electron chi connectivity index (χ3n) is 4.80. The van der Waals surface area contributed by atoms with Crippen LogP contribution in [-0.2, 0) is 17.8 Å². The van der Waals surface area contributed by atoms with Gasteiger partial charge in [-0.1, -0.05) is 6.07 Å². The van der Waals surface area contributed by atoms with Crippen molar-refractivity contribution in [2.24, 2.45) is 0 Å². The number of aromatic nitrogens is 1. The molecular formula is C21H21N3O2S. The quantitative estimate of drug-likeness (QED) is 0.740. The Bertz CT molecular complexity index is 946. The summed E-state index contributed by atoms with van der Waals surface area (Å²) in [7, 11) is 0. The number of carbonyl (C=O) groups excluding carboxylic acids is 2. The van der Waals surface area contributed by atoms with Crippen molar-refractivity contribution in [1.29, 1.82) is 0 Å². The van der Waals surface area contributed by atoms with Gasteiger partial charge in [0.1, 0.15) is 0 Å². The van der Waals surface area contributed by atoms with Gasteiger partial charge in [0.2, 0.25) is 5.91 Å². The first kappa shape index (κ1) is 17.5. The number of nitrogens with one attached hydrogen (secondary N) is 1. The Morgan fingerprint density at radius 1 is 1.11 bits per heavy atom. The van der Waals surface area contributed by atoms with Gasteiger partial charge in [-0.05, 0) is 53.8 Å². The van der Waals surface area contributed by atoms with Crippen LogP contribution >= 0.6 is 11.3 Å². The minimum Gasteiger partial charge on any atom is -0.352 e. The van der Waals surface area contributed by atoms with E-state index >= 15 is 0 Å². The lowest BCUT2D eigenvalue weighted by Gasteiger charge is -2.27. The van der Waals surface area contributed by atoms with Crippen LogP contribution in [-0.4, -0.2) is 34.4 Å². The normalized spacial score (nSPS) is 13.3. The molecule has 3 aromatic rings. The number of benzene rings is 1. The second kappa shape index (κ2) is 7.80. The fourth-order valence-corrected chi connectivity index (χ4v) is 4.21. The van der Waals surface area contributed by atoms with E-state index in [-0.39, 0.29) is 11.8 Å². The fraction of sp³-hybridized carbons (Fsp3) is 0.238. The summed E-state index contributed by atoms with van der Waals surface area (Å²) in [6.45, 7) is 1.79. The first-order valence-electron chi connectivity index (χ1n) is 9.05. The Labute approximate surface area is 162 Å². The van der Waals surface area contributed by atoms with E-state index in [1.54, 1.807) is 17.4 Å². The van der Waals surface area contributed by atoms with Crippen LogP contribution in [0, 0.1) is 0 Å². The molecule has 3 heterocycles. The first-order valence-corrected chi connectivity index (χ1v) is 9.93. The highest BCUT2D eigenvalue weighted by molar-refractivity contribution is 7.10. The van der Waals surface area contributed by atoms with Crippen molar-refractivity contribution in [2.75, 3.05) is 13.1 Å². The van der Waals surface area contributed by atoms with Gasteiger partial charge in [0.25, 0.3) is 5.91 Å². The molecule has 2 aromatic heterocycles. The van der Waals surface area contributed by atoms with E-state index in [4.69, 9.17) is 0 Å². The van der Waals surface area contributed by atoms with Crippen molar-refractivity contribution in [3.05, 3.63) is 76.2 Å². The van der Waals surface area contributed by atoms with Gasteiger partial charge < -0.3 is 14.8 Å². The Hall–Kier alpha value is -2.86. The lowest BCUT2D eigenvalue weighted by Crippen LogP contribution is -2.37. The number of hydrogen-bond acceptors (Lipinski definition) is 3. The number of thiophene rings is 1. The minimum atomic E-state index is -0.157. The molecule has 0 bridgehead atoms. The molecule has 1 aromatic carbocycles. The molecule has 5 nitrogen and oxygen atoms in total. The van der Waals surface area contributed by atoms with E-state index in [1.807, 2.05) is 52.2 Å². The van der Waals surface area contributed by atoms with Gasteiger partial charge in [-0.15, -0.1) is 11.3 Å². The number of rotatable bonds is 5. The van der Waals surface area contributed by atoms with Crippen LogP contribution in [0.5, 0.6) is 0 Å². The van der Waals surface area contributed by atoms with E-state index in [0.717, 1.165) is 18.7 Å². The van der Waals surface area contributed by atoms with E-state index in [2.05, 4.69) is 16.8 Å². The van der Waals surface area contributed by atoms with E-state index in [9.17, 15) is 9.59 Å². The van der Waals surface area contributed by atoms with Gasteiger partial charge in [0, 0.05) is 54.6 Å². The van der Waals surface area contributed by atoms with E-state index in [0.29, 0.717) is 25.1 Å². The topological polar surface area (TPSA) is 54.3 Å². The molecule has 4 rings (SSSR count). The molecular weight excluding hydrogens is 358 g/mol. The molecule has 1 aliphatic heterocycles. The molecule has 0 atom stereocenters. The Balaban J connectivity index is 1.30. The van der Waals surface area contributed by atoms with Crippen LogP contribution in [0.1, 0.15) is 27.2 Å². The summed E-state index contributed by atoms with van der Waals surface area (Å²) in [4.78, 5) is 28.1. The number of carbonyl (C=O) groups is 2. The monoisotopic (exact) mass is 379 g/mol. The zero-order valence-electron chi connectivity index (χ0n) is 14.9. The Morgan fingerprint density at radius 2 is 1.96 bits per heavy atom. The summed E-state index contributed by atoms with van der Waals surface area (Å²) in [6, 6.07) is 13.4. The summed E-state index contributed by atoms with van der Waals surface area (Å²) in [5.74, 6) is -0.0659. The number of nitrogens with zero attached hydrogens (tertiary/aromatic N) is 2. The Morgan fingerprint density at radius 3 is 2.81 bits per heavy atom. The average Bonchev–Trinajstić information content (AvgIpc) is 3.39. The Kier molecular flexibility index (Phi) is 5.07.